The van der Waals surface area contributed by atoms with Crippen LogP contribution < -0.4 is 0 Å². The van der Waals surface area contributed by atoms with Gasteiger partial charge in [-0.2, -0.15) is 21.0 Å². The zero-order chi connectivity index (χ0) is 23.7. The Morgan fingerprint density at radius 3 is 1.91 bits per heavy atom. The van der Waals surface area contributed by atoms with Crippen molar-refractivity contribution in [2.24, 2.45) is 0 Å². The van der Waals surface area contributed by atoms with E-state index < -0.39 is 0 Å². The molecule has 0 bridgehead atoms. The summed E-state index contributed by atoms with van der Waals surface area (Å²) in [5.74, 6) is 0. The quantitative estimate of drug-likeness (QED) is 0.261. The van der Waals surface area contributed by atoms with E-state index in [9.17, 15) is 0 Å². The molecule has 5 aromatic rings. The highest BCUT2D eigenvalue weighted by Crippen LogP contribution is 2.41. The summed E-state index contributed by atoms with van der Waals surface area (Å²) in [5.41, 5.74) is 3.37. The van der Waals surface area contributed by atoms with Crippen LogP contribution in [-0.2, 0) is 0 Å². The predicted molar refractivity (Wildman–Crippen MR) is 139 cm³/mol. The number of nitriles is 4. The lowest BCUT2D eigenvalue weighted by Gasteiger charge is -1.98. The van der Waals surface area contributed by atoms with Crippen LogP contribution in [0.2, 0.25) is 0 Å². The van der Waals surface area contributed by atoms with E-state index in [2.05, 4.69) is 29.2 Å². The summed E-state index contributed by atoms with van der Waals surface area (Å²) in [6, 6.07) is 23.9. The topological polar surface area (TPSA) is 111 Å². The minimum Gasteiger partial charge on any atom is -0.354 e. The van der Waals surface area contributed by atoms with Gasteiger partial charge >= 0.3 is 0 Å². The number of nitrogens with zero attached hydrogens (tertiary/aromatic N) is 4. The third-order valence-corrected chi connectivity index (χ3v) is 8.58. The third-order valence-electron chi connectivity index (χ3n) is 5.10. The SMILES string of the molecule is N#CC(C#N)=Cc1ccc(-c2ccc3c(c2)[nH]c2cc(-c4ccc(C=C(C#N)C#N)s4)sc23)s1. The summed E-state index contributed by atoms with van der Waals surface area (Å²) in [6.45, 7) is 0. The maximum Gasteiger partial charge on any atom is 0.131 e. The molecule has 0 aliphatic carbocycles. The van der Waals surface area contributed by atoms with Gasteiger partial charge in [-0.3, -0.25) is 0 Å². The molecule has 0 radical (unpaired) electrons. The third kappa shape index (κ3) is 3.90. The molecule has 0 saturated carbocycles. The van der Waals surface area contributed by atoms with Crippen molar-refractivity contribution < 1.29 is 0 Å². The largest absolute Gasteiger partial charge is 0.354 e. The van der Waals surface area contributed by atoms with Gasteiger partial charge in [-0.1, -0.05) is 12.1 Å². The Kier molecular flexibility index (Phi) is 5.56. The van der Waals surface area contributed by atoms with Gasteiger partial charge in [-0.25, -0.2) is 0 Å². The molecule has 4 heterocycles. The predicted octanol–water partition coefficient (Wildman–Crippen LogP) is 7.70. The molecule has 8 heteroatoms. The van der Waals surface area contributed by atoms with E-state index in [-0.39, 0.29) is 11.1 Å². The molecule has 0 aliphatic heterocycles. The summed E-state index contributed by atoms with van der Waals surface area (Å²) in [7, 11) is 0. The number of aromatic amines is 1. The van der Waals surface area contributed by atoms with Crippen LogP contribution in [0.25, 0.3) is 53.5 Å². The van der Waals surface area contributed by atoms with E-state index in [1.165, 1.54) is 16.0 Å². The molecule has 158 valence electrons. The van der Waals surface area contributed by atoms with Gasteiger partial charge in [0.25, 0.3) is 0 Å². The molecule has 34 heavy (non-hydrogen) atoms. The number of nitrogens with one attached hydrogen (secondary N) is 1. The van der Waals surface area contributed by atoms with E-state index in [4.69, 9.17) is 21.0 Å². The first-order valence-electron chi connectivity index (χ1n) is 9.91. The highest BCUT2D eigenvalue weighted by molar-refractivity contribution is 7.27. The van der Waals surface area contributed by atoms with E-state index in [0.29, 0.717) is 0 Å². The minimum absolute atomic E-state index is 0.0914. The van der Waals surface area contributed by atoms with Crippen LogP contribution in [-0.4, -0.2) is 4.98 Å². The number of thiophene rings is 3. The monoisotopic (exact) mass is 489 g/mol. The Morgan fingerprint density at radius 1 is 0.647 bits per heavy atom. The molecule has 1 N–H and O–H groups in total. The zero-order valence-electron chi connectivity index (χ0n) is 17.3. The summed E-state index contributed by atoms with van der Waals surface area (Å²) in [4.78, 5) is 8.55. The molecule has 0 unspecified atom stereocenters. The van der Waals surface area contributed by atoms with Crippen molar-refractivity contribution in [2.75, 3.05) is 0 Å². The second kappa shape index (κ2) is 8.83. The lowest BCUT2D eigenvalue weighted by atomic mass is 10.1. The Balaban J connectivity index is 1.47. The lowest BCUT2D eigenvalue weighted by Crippen LogP contribution is -1.73. The fourth-order valence-corrected chi connectivity index (χ4v) is 6.69. The maximum atomic E-state index is 8.96. The number of fused-ring (bicyclic) bond motifs is 3. The number of allylic oxidation sites excluding steroid dienone is 2. The average Bonchev–Trinajstić information content (AvgIpc) is 3.64. The van der Waals surface area contributed by atoms with Crippen molar-refractivity contribution in [3.05, 3.63) is 69.4 Å². The summed E-state index contributed by atoms with van der Waals surface area (Å²) in [5, 5.41) is 37.0. The highest BCUT2D eigenvalue weighted by Gasteiger charge is 2.13. The van der Waals surface area contributed by atoms with Crippen LogP contribution in [0.1, 0.15) is 9.75 Å². The number of hydrogen-bond acceptors (Lipinski definition) is 7. The Labute approximate surface area is 206 Å². The molecule has 1 aromatic carbocycles. The van der Waals surface area contributed by atoms with Gasteiger partial charge < -0.3 is 4.98 Å². The highest BCUT2D eigenvalue weighted by atomic mass is 32.1. The van der Waals surface area contributed by atoms with Crippen LogP contribution in [0, 0.1) is 45.3 Å². The number of benzene rings is 1. The van der Waals surface area contributed by atoms with E-state index in [0.717, 1.165) is 46.4 Å². The van der Waals surface area contributed by atoms with Crippen molar-refractivity contribution in [2.45, 2.75) is 0 Å². The summed E-state index contributed by atoms with van der Waals surface area (Å²) >= 11 is 4.80. The molecule has 5 nitrogen and oxygen atoms in total. The number of hydrogen-bond donors (Lipinski definition) is 1. The van der Waals surface area contributed by atoms with Crippen molar-refractivity contribution >= 4 is 67.3 Å². The summed E-state index contributed by atoms with van der Waals surface area (Å²) in [6.07, 6.45) is 3.21. The average molecular weight is 490 g/mol. The van der Waals surface area contributed by atoms with E-state index >= 15 is 0 Å². The fraction of sp³-hybridized carbons (Fsp3) is 0. The second-order valence-electron chi connectivity index (χ2n) is 7.21. The molecule has 0 aliphatic rings. The van der Waals surface area contributed by atoms with Crippen molar-refractivity contribution in [3.8, 4) is 44.5 Å². The Hall–Kier alpha value is -4.44. The van der Waals surface area contributed by atoms with Gasteiger partial charge in [-0.05, 0) is 54.1 Å². The fourth-order valence-electron chi connectivity index (χ4n) is 3.56. The number of H-pyrrole nitrogens is 1. The maximum absolute atomic E-state index is 8.96. The van der Waals surface area contributed by atoms with Crippen LogP contribution in [0.3, 0.4) is 0 Å². The minimum atomic E-state index is 0.0914. The normalized spacial score (nSPS) is 10.2. The van der Waals surface area contributed by atoms with Gasteiger partial charge in [-0.15, -0.1) is 34.0 Å². The van der Waals surface area contributed by atoms with Crippen LogP contribution in [0.15, 0.2) is 59.7 Å². The molecule has 0 amide bonds. The smallest absolute Gasteiger partial charge is 0.131 e. The molecule has 0 atom stereocenters. The van der Waals surface area contributed by atoms with Gasteiger partial charge in [0.1, 0.15) is 35.4 Å². The van der Waals surface area contributed by atoms with Crippen molar-refractivity contribution in [3.63, 3.8) is 0 Å². The second-order valence-corrected chi connectivity index (χ2v) is 10.5. The van der Waals surface area contributed by atoms with Gasteiger partial charge in [0.05, 0.1) is 10.2 Å². The molecule has 0 saturated heterocycles. The van der Waals surface area contributed by atoms with E-state index in [1.54, 1.807) is 34.8 Å². The van der Waals surface area contributed by atoms with Gasteiger partial charge in [0, 0.05) is 35.3 Å². The molecular formula is C26H11N5S3. The van der Waals surface area contributed by atoms with Gasteiger partial charge in [0.15, 0.2) is 0 Å². The van der Waals surface area contributed by atoms with Crippen molar-refractivity contribution in [1.82, 2.24) is 4.98 Å². The number of rotatable bonds is 4. The van der Waals surface area contributed by atoms with E-state index in [1.807, 2.05) is 48.5 Å². The molecule has 5 rings (SSSR count). The molecule has 0 spiro atoms. The zero-order valence-corrected chi connectivity index (χ0v) is 19.7. The first-order chi connectivity index (χ1) is 16.6. The first kappa shape index (κ1) is 21.4. The Morgan fingerprint density at radius 2 is 1.26 bits per heavy atom. The molecule has 4 aromatic heterocycles. The van der Waals surface area contributed by atoms with Crippen LogP contribution in [0.5, 0.6) is 0 Å². The summed E-state index contributed by atoms with van der Waals surface area (Å²) < 4.78 is 1.18. The number of aromatic nitrogens is 1. The standard InChI is InChI=1S/C26H11N5S3/c27-11-15(12-28)7-18-2-5-23(32-18)17-1-4-20-21(9-17)31-22-10-25(34-26(20)22)24-6-3-19(33-24)8-16(13-29)14-30/h1-10,31H. The van der Waals surface area contributed by atoms with Crippen LogP contribution in [0.4, 0.5) is 0 Å². The molecular weight excluding hydrogens is 479 g/mol. The lowest BCUT2D eigenvalue weighted by molar-refractivity contribution is 1.47. The molecule has 0 fully saturated rings. The van der Waals surface area contributed by atoms with Crippen LogP contribution >= 0.6 is 34.0 Å². The van der Waals surface area contributed by atoms with Crippen molar-refractivity contribution in [1.29, 1.82) is 21.0 Å². The van der Waals surface area contributed by atoms with Gasteiger partial charge in [0.2, 0.25) is 0 Å². The Bertz CT molecular complexity index is 1700. The first-order valence-corrected chi connectivity index (χ1v) is 12.4.